The van der Waals surface area contributed by atoms with Crippen molar-refractivity contribution in [2.75, 3.05) is 6.61 Å². The summed E-state index contributed by atoms with van der Waals surface area (Å²) >= 11 is 0. The minimum absolute atomic E-state index is 0.239. The first-order valence-corrected chi connectivity index (χ1v) is 8.31. The number of aliphatic carboxylic acids is 2. The molecule has 0 heterocycles. The first-order valence-electron chi connectivity index (χ1n) is 8.31. The number of unbranched alkanes of at least 4 members (excludes halogenated alkanes) is 1. The van der Waals surface area contributed by atoms with E-state index in [4.69, 9.17) is 15.3 Å². The number of carboxylic acids is 2. The van der Waals surface area contributed by atoms with Gasteiger partial charge in [-0.05, 0) is 45.6 Å². The van der Waals surface area contributed by atoms with Gasteiger partial charge in [0.1, 0.15) is 5.92 Å². The van der Waals surface area contributed by atoms with Crippen molar-refractivity contribution >= 4 is 11.9 Å². The molecule has 0 bridgehead atoms. The molecule has 0 fully saturated rings. The van der Waals surface area contributed by atoms with Gasteiger partial charge >= 0.3 is 11.9 Å². The number of carboxylic acid groups (broad SMARTS) is 2. The van der Waals surface area contributed by atoms with Crippen LogP contribution >= 0.6 is 0 Å². The standard InChI is InChI=1S/C18H30O7/c1-12(9-16(21)22)8-13(2)10-18(3,25)7-5-4-6-15(20)14(11-19)17(23)24/h8-9,14-15,19-20,25H,4-7,10-11H2,1-3H3,(H,21,22)(H,23,24)/b12-9+,13-8+/t14-,15+,18+/m0/s1. The van der Waals surface area contributed by atoms with E-state index in [1.54, 1.807) is 19.9 Å². The first kappa shape index (κ1) is 23.3. The molecule has 0 aliphatic rings. The zero-order chi connectivity index (χ0) is 19.6. The van der Waals surface area contributed by atoms with Crippen molar-refractivity contribution in [2.45, 2.75) is 64.6 Å². The van der Waals surface area contributed by atoms with Crippen molar-refractivity contribution < 1.29 is 35.1 Å². The summed E-state index contributed by atoms with van der Waals surface area (Å²) in [7, 11) is 0. The summed E-state index contributed by atoms with van der Waals surface area (Å²) in [5.41, 5.74) is 0.469. The second kappa shape index (κ2) is 11.0. The lowest BCUT2D eigenvalue weighted by Crippen LogP contribution is -2.31. The predicted molar refractivity (Wildman–Crippen MR) is 93.1 cm³/mol. The van der Waals surface area contributed by atoms with Gasteiger partial charge in [0.15, 0.2) is 0 Å². The van der Waals surface area contributed by atoms with Gasteiger partial charge in [-0.25, -0.2) is 4.79 Å². The summed E-state index contributed by atoms with van der Waals surface area (Å²) in [6, 6.07) is 0. The van der Waals surface area contributed by atoms with E-state index in [0.29, 0.717) is 31.3 Å². The van der Waals surface area contributed by atoms with Gasteiger partial charge in [-0.15, -0.1) is 0 Å². The number of aliphatic hydroxyl groups is 3. The van der Waals surface area contributed by atoms with Crippen LogP contribution in [0.25, 0.3) is 0 Å². The van der Waals surface area contributed by atoms with E-state index in [-0.39, 0.29) is 6.42 Å². The Hall–Kier alpha value is -1.70. The van der Waals surface area contributed by atoms with Crippen LogP contribution in [0, 0.1) is 5.92 Å². The van der Waals surface area contributed by atoms with Crippen LogP contribution in [0.3, 0.4) is 0 Å². The molecular weight excluding hydrogens is 328 g/mol. The lowest BCUT2D eigenvalue weighted by molar-refractivity contribution is -0.147. The van der Waals surface area contributed by atoms with Crippen molar-refractivity contribution in [1.82, 2.24) is 0 Å². The van der Waals surface area contributed by atoms with Crippen molar-refractivity contribution in [3.05, 3.63) is 23.3 Å². The maximum atomic E-state index is 10.8. The third-order valence-corrected chi connectivity index (χ3v) is 3.93. The smallest absolute Gasteiger partial charge is 0.328 e. The van der Waals surface area contributed by atoms with Gasteiger partial charge in [-0.3, -0.25) is 4.79 Å². The van der Waals surface area contributed by atoms with Gasteiger partial charge in [0, 0.05) is 6.08 Å². The Bertz CT molecular complexity index is 506. The molecule has 7 heteroatoms. The fourth-order valence-electron chi connectivity index (χ4n) is 2.79. The van der Waals surface area contributed by atoms with Crippen molar-refractivity contribution in [2.24, 2.45) is 5.92 Å². The molecule has 0 aromatic rings. The zero-order valence-electron chi connectivity index (χ0n) is 15.1. The third-order valence-electron chi connectivity index (χ3n) is 3.93. The van der Waals surface area contributed by atoms with Gasteiger partial charge in [-0.1, -0.05) is 24.5 Å². The van der Waals surface area contributed by atoms with Gasteiger partial charge in [0.2, 0.25) is 0 Å². The summed E-state index contributed by atoms with van der Waals surface area (Å²) in [4.78, 5) is 21.4. The molecule has 25 heavy (non-hydrogen) atoms. The molecule has 0 aromatic heterocycles. The molecule has 5 N–H and O–H groups in total. The molecule has 0 saturated heterocycles. The molecule has 0 rings (SSSR count). The van der Waals surface area contributed by atoms with E-state index in [9.17, 15) is 19.8 Å². The molecule has 144 valence electrons. The van der Waals surface area contributed by atoms with Crippen LogP contribution in [-0.4, -0.2) is 55.8 Å². The Morgan fingerprint density at radius 2 is 1.72 bits per heavy atom. The first-order chi connectivity index (χ1) is 11.5. The SMILES string of the molecule is CC(=C\C(=O)O)/C=C(\C)C[C@](C)(O)CCCC[C@@H](O)[C@H](CO)C(=O)O. The van der Waals surface area contributed by atoms with E-state index in [1.807, 2.05) is 6.92 Å². The summed E-state index contributed by atoms with van der Waals surface area (Å²) in [5, 5.41) is 46.7. The second-order valence-electron chi connectivity index (χ2n) is 6.83. The van der Waals surface area contributed by atoms with Crippen molar-refractivity contribution in [3.8, 4) is 0 Å². The molecule has 7 nitrogen and oxygen atoms in total. The monoisotopic (exact) mass is 358 g/mol. The molecule has 0 unspecified atom stereocenters. The van der Waals surface area contributed by atoms with Gasteiger partial charge < -0.3 is 25.5 Å². The average Bonchev–Trinajstić information content (AvgIpc) is 2.41. The molecule has 3 atom stereocenters. The molecule has 0 spiro atoms. The highest BCUT2D eigenvalue weighted by molar-refractivity contribution is 5.81. The van der Waals surface area contributed by atoms with E-state index in [1.165, 1.54) is 0 Å². The van der Waals surface area contributed by atoms with E-state index >= 15 is 0 Å². The molecule has 0 aromatic carbocycles. The number of carbonyl (C=O) groups is 2. The normalized spacial score (nSPS) is 17.7. The van der Waals surface area contributed by atoms with Crippen molar-refractivity contribution in [1.29, 1.82) is 0 Å². The predicted octanol–water partition coefficient (Wildman–Crippen LogP) is 1.72. The maximum absolute atomic E-state index is 10.8. The number of hydrogen-bond donors (Lipinski definition) is 5. The second-order valence-corrected chi connectivity index (χ2v) is 6.83. The molecule has 0 aliphatic heterocycles. The van der Waals surface area contributed by atoms with E-state index < -0.39 is 36.2 Å². The van der Waals surface area contributed by atoms with Crippen LogP contribution in [0.2, 0.25) is 0 Å². The fraction of sp³-hybridized carbons (Fsp3) is 0.667. The Morgan fingerprint density at radius 1 is 1.12 bits per heavy atom. The van der Waals surface area contributed by atoms with E-state index in [2.05, 4.69) is 0 Å². The van der Waals surface area contributed by atoms with Gasteiger partial charge in [-0.2, -0.15) is 0 Å². The molecule has 0 radical (unpaired) electrons. The zero-order valence-corrected chi connectivity index (χ0v) is 15.1. The minimum atomic E-state index is -1.23. The minimum Gasteiger partial charge on any atom is -0.481 e. The summed E-state index contributed by atoms with van der Waals surface area (Å²) < 4.78 is 0. The summed E-state index contributed by atoms with van der Waals surface area (Å²) in [6.07, 6.45) is 3.91. The number of rotatable bonds is 12. The van der Waals surface area contributed by atoms with Crippen LogP contribution in [0.5, 0.6) is 0 Å². The summed E-state index contributed by atoms with van der Waals surface area (Å²) in [5.74, 6) is -3.43. The fourth-order valence-corrected chi connectivity index (χ4v) is 2.79. The Balaban J connectivity index is 4.39. The van der Waals surface area contributed by atoms with Crippen LogP contribution in [-0.2, 0) is 9.59 Å². The van der Waals surface area contributed by atoms with Crippen molar-refractivity contribution in [3.63, 3.8) is 0 Å². The highest BCUT2D eigenvalue weighted by atomic mass is 16.4. The van der Waals surface area contributed by atoms with Gasteiger partial charge in [0.25, 0.3) is 0 Å². The maximum Gasteiger partial charge on any atom is 0.328 e. The third kappa shape index (κ3) is 10.7. The average molecular weight is 358 g/mol. The Labute approximate surface area is 148 Å². The Morgan fingerprint density at radius 3 is 2.20 bits per heavy atom. The van der Waals surface area contributed by atoms with Crippen LogP contribution < -0.4 is 0 Å². The molecule has 0 saturated carbocycles. The quantitative estimate of drug-likeness (QED) is 0.204. The summed E-state index contributed by atoms with van der Waals surface area (Å²) in [6.45, 7) is 4.57. The number of hydrogen-bond acceptors (Lipinski definition) is 5. The Kier molecular flexibility index (Phi) is 10.3. The van der Waals surface area contributed by atoms with Crippen LogP contribution in [0.1, 0.15) is 52.9 Å². The number of aliphatic hydroxyl groups excluding tert-OH is 2. The highest BCUT2D eigenvalue weighted by Crippen LogP contribution is 2.24. The van der Waals surface area contributed by atoms with Crippen LogP contribution in [0.15, 0.2) is 23.3 Å². The van der Waals surface area contributed by atoms with E-state index in [0.717, 1.165) is 11.6 Å². The van der Waals surface area contributed by atoms with Gasteiger partial charge in [0.05, 0.1) is 18.3 Å². The largest absolute Gasteiger partial charge is 0.481 e. The topological polar surface area (TPSA) is 135 Å². The van der Waals surface area contributed by atoms with Crippen LogP contribution in [0.4, 0.5) is 0 Å². The molecule has 0 amide bonds. The highest BCUT2D eigenvalue weighted by Gasteiger charge is 2.26. The lowest BCUT2D eigenvalue weighted by Gasteiger charge is -2.24. The molecular formula is C18H30O7. The molecule has 0 aliphatic carbocycles. The lowest BCUT2D eigenvalue weighted by atomic mass is 9.89. The number of allylic oxidation sites excluding steroid dienone is 2.